The molecule has 0 atom stereocenters. The SMILES string of the molecule is CCOc1ccc(-c2nc(CC(=O)OCCCc3cccc(C)n3)cs2)cc1. The second-order valence-corrected chi connectivity index (χ2v) is 7.23. The summed E-state index contributed by atoms with van der Waals surface area (Å²) in [5, 5.41) is 2.79. The van der Waals surface area contributed by atoms with Gasteiger partial charge in [0, 0.05) is 22.3 Å². The van der Waals surface area contributed by atoms with E-state index in [2.05, 4.69) is 9.97 Å². The van der Waals surface area contributed by atoms with Crippen molar-refractivity contribution in [1.29, 1.82) is 0 Å². The highest BCUT2D eigenvalue weighted by molar-refractivity contribution is 7.13. The number of esters is 1. The van der Waals surface area contributed by atoms with Crippen LogP contribution in [0.25, 0.3) is 10.6 Å². The summed E-state index contributed by atoms with van der Waals surface area (Å²) >= 11 is 1.52. The summed E-state index contributed by atoms with van der Waals surface area (Å²) in [5.74, 6) is 0.591. The summed E-state index contributed by atoms with van der Waals surface area (Å²) in [6.07, 6.45) is 1.75. The molecule has 0 aliphatic carbocycles. The van der Waals surface area contributed by atoms with E-state index < -0.39 is 0 Å². The van der Waals surface area contributed by atoms with E-state index in [0.717, 1.165) is 46.2 Å². The number of hydrogen-bond acceptors (Lipinski definition) is 6. The monoisotopic (exact) mass is 396 g/mol. The van der Waals surface area contributed by atoms with Gasteiger partial charge in [0.05, 0.1) is 25.3 Å². The molecule has 1 aromatic carbocycles. The van der Waals surface area contributed by atoms with Gasteiger partial charge in [-0.3, -0.25) is 9.78 Å². The van der Waals surface area contributed by atoms with Crippen molar-refractivity contribution in [3.63, 3.8) is 0 Å². The molecular formula is C22H24N2O3S. The van der Waals surface area contributed by atoms with Crippen LogP contribution in [0.1, 0.15) is 30.4 Å². The van der Waals surface area contributed by atoms with Gasteiger partial charge in [-0.25, -0.2) is 4.98 Å². The number of carbonyl (C=O) groups excluding carboxylic acids is 1. The smallest absolute Gasteiger partial charge is 0.311 e. The van der Waals surface area contributed by atoms with Crippen LogP contribution in [0.3, 0.4) is 0 Å². The van der Waals surface area contributed by atoms with Crippen molar-refractivity contribution < 1.29 is 14.3 Å². The van der Waals surface area contributed by atoms with Gasteiger partial charge in [0.2, 0.25) is 0 Å². The van der Waals surface area contributed by atoms with Gasteiger partial charge in [0.1, 0.15) is 10.8 Å². The molecule has 0 aliphatic heterocycles. The van der Waals surface area contributed by atoms with E-state index in [4.69, 9.17) is 9.47 Å². The van der Waals surface area contributed by atoms with Crippen molar-refractivity contribution in [3.05, 3.63) is 64.9 Å². The number of rotatable bonds is 9. The van der Waals surface area contributed by atoms with Crippen LogP contribution >= 0.6 is 11.3 Å². The average molecular weight is 397 g/mol. The third-order valence-electron chi connectivity index (χ3n) is 4.08. The molecule has 0 N–H and O–H groups in total. The average Bonchev–Trinajstić information content (AvgIpc) is 3.14. The van der Waals surface area contributed by atoms with Crippen LogP contribution < -0.4 is 4.74 Å². The second kappa shape index (κ2) is 9.99. The van der Waals surface area contributed by atoms with E-state index in [9.17, 15) is 4.79 Å². The van der Waals surface area contributed by atoms with Crippen molar-refractivity contribution in [2.45, 2.75) is 33.1 Å². The molecule has 3 aromatic rings. The highest BCUT2D eigenvalue weighted by atomic mass is 32.1. The Morgan fingerprint density at radius 2 is 1.89 bits per heavy atom. The third kappa shape index (κ3) is 5.89. The molecule has 0 fully saturated rings. The van der Waals surface area contributed by atoms with E-state index in [1.54, 1.807) is 0 Å². The van der Waals surface area contributed by atoms with Gasteiger partial charge in [-0.1, -0.05) is 6.07 Å². The van der Waals surface area contributed by atoms with Gasteiger partial charge in [0.25, 0.3) is 0 Å². The Morgan fingerprint density at radius 1 is 1.07 bits per heavy atom. The Labute approximate surface area is 169 Å². The first-order chi connectivity index (χ1) is 13.6. The Morgan fingerprint density at radius 3 is 2.64 bits per heavy atom. The maximum Gasteiger partial charge on any atom is 0.311 e. The predicted molar refractivity (Wildman–Crippen MR) is 111 cm³/mol. The molecule has 6 heteroatoms. The Hall–Kier alpha value is -2.73. The van der Waals surface area contributed by atoms with Crippen molar-refractivity contribution in [1.82, 2.24) is 9.97 Å². The zero-order chi connectivity index (χ0) is 19.8. The summed E-state index contributed by atoms with van der Waals surface area (Å²) in [5.41, 5.74) is 3.77. The van der Waals surface area contributed by atoms with Crippen molar-refractivity contribution >= 4 is 17.3 Å². The van der Waals surface area contributed by atoms with Crippen LogP contribution in [0.5, 0.6) is 5.75 Å². The number of aromatic nitrogens is 2. The van der Waals surface area contributed by atoms with E-state index in [1.165, 1.54) is 11.3 Å². The fourth-order valence-electron chi connectivity index (χ4n) is 2.76. The molecule has 0 unspecified atom stereocenters. The molecule has 146 valence electrons. The van der Waals surface area contributed by atoms with Crippen LogP contribution in [0.4, 0.5) is 0 Å². The minimum Gasteiger partial charge on any atom is -0.494 e. The maximum absolute atomic E-state index is 12.1. The number of hydrogen-bond donors (Lipinski definition) is 0. The molecule has 0 radical (unpaired) electrons. The molecule has 28 heavy (non-hydrogen) atoms. The summed E-state index contributed by atoms with van der Waals surface area (Å²) in [6.45, 7) is 4.97. The number of thiazole rings is 1. The van der Waals surface area contributed by atoms with Gasteiger partial charge in [-0.15, -0.1) is 11.3 Å². The zero-order valence-electron chi connectivity index (χ0n) is 16.2. The number of aryl methyl sites for hydroxylation is 2. The highest BCUT2D eigenvalue weighted by Gasteiger charge is 2.10. The van der Waals surface area contributed by atoms with Crippen LogP contribution in [-0.2, 0) is 22.4 Å². The fraction of sp³-hybridized carbons (Fsp3) is 0.318. The number of ether oxygens (including phenoxy) is 2. The van der Waals surface area contributed by atoms with E-state index >= 15 is 0 Å². The van der Waals surface area contributed by atoms with Gasteiger partial charge in [0.15, 0.2) is 0 Å². The quantitative estimate of drug-likeness (QED) is 0.390. The summed E-state index contributed by atoms with van der Waals surface area (Å²) < 4.78 is 10.8. The Kier molecular flexibility index (Phi) is 7.14. The van der Waals surface area contributed by atoms with Crippen LogP contribution in [0, 0.1) is 6.92 Å². The number of nitrogens with zero attached hydrogens (tertiary/aromatic N) is 2. The van der Waals surface area contributed by atoms with Crippen molar-refractivity contribution in [2.75, 3.05) is 13.2 Å². The van der Waals surface area contributed by atoms with Gasteiger partial charge in [-0.2, -0.15) is 0 Å². The first-order valence-electron chi connectivity index (χ1n) is 9.40. The maximum atomic E-state index is 12.1. The molecule has 0 spiro atoms. The number of benzene rings is 1. The van der Waals surface area contributed by atoms with Crippen LogP contribution in [-0.4, -0.2) is 29.2 Å². The first kappa shape index (κ1) is 20.0. The predicted octanol–water partition coefficient (Wildman–Crippen LogP) is 4.63. The molecule has 5 nitrogen and oxygen atoms in total. The molecule has 2 aromatic heterocycles. The fourth-order valence-corrected chi connectivity index (χ4v) is 3.58. The minimum atomic E-state index is -0.249. The Balaban J connectivity index is 1.44. The molecule has 0 saturated carbocycles. The molecule has 0 saturated heterocycles. The largest absolute Gasteiger partial charge is 0.494 e. The number of carbonyl (C=O) groups is 1. The topological polar surface area (TPSA) is 61.3 Å². The summed E-state index contributed by atoms with van der Waals surface area (Å²) in [7, 11) is 0. The first-order valence-corrected chi connectivity index (χ1v) is 10.3. The van der Waals surface area contributed by atoms with Gasteiger partial charge < -0.3 is 9.47 Å². The molecule has 2 heterocycles. The normalized spacial score (nSPS) is 10.6. The lowest BCUT2D eigenvalue weighted by Crippen LogP contribution is -2.10. The van der Waals surface area contributed by atoms with Crippen LogP contribution in [0.15, 0.2) is 47.8 Å². The van der Waals surface area contributed by atoms with Crippen molar-refractivity contribution in [2.24, 2.45) is 0 Å². The molecule has 0 bridgehead atoms. The highest BCUT2D eigenvalue weighted by Crippen LogP contribution is 2.26. The van der Waals surface area contributed by atoms with Crippen LogP contribution in [0.2, 0.25) is 0 Å². The standard InChI is InChI=1S/C22H24N2O3S/c1-3-26-20-11-9-17(10-12-20)22-24-19(15-28-22)14-21(25)27-13-5-8-18-7-4-6-16(2)23-18/h4,6-7,9-12,15H,3,5,8,13-14H2,1-2H3. The number of pyridine rings is 1. The molecule has 0 amide bonds. The third-order valence-corrected chi connectivity index (χ3v) is 5.02. The lowest BCUT2D eigenvalue weighted by atomic mass is 10.2. The lowest BCUT2D eigenvalue weighted by molar-refractivity contribution is -0.142. The van der Waals surface area contributed by atoms with E-state index in [1.807, 2.05) is 61.7 Å². The molecule has 0 aliphatic rings. The van der Waals surface area contributed by atoms with E-state index in [-0.39, 0.29) is 12.4 Å². The van der Waals surface area contributed by atoms with Gasteiger partial charge >= 0.3 is 5.97 Å². The zero-order valence-corrected chi connectivity index (χ0v) is 17.0. The summed E-state index contributed by atoms with van der Waals surface area (Å²) in [4.78, 5) is 21.0. The van der Waals surface area contributed by atoms with Crippen molar-refractivity contribution in [3.8, 4) is 16.3 Å². The Bertz CT molecular complexity index is 906. The second-order valence-electron chi connectivity index (χ2n) is 6.37. The lowest BCUT2D eigenvalue weighted by Gasteiger charge is -2.04. The molecular weight excluding hydrogens is 372 g/mol. The minimum absolute atomic E-state index is 0.191. The molecule has 3 rings (SSSR count). The summed E-state index contributed by atoms with van der Waals surface area (Å²) in [6, 6.07) is 13.8. The van der Waals surface area contributed by atoms with Gasteiger partial charge in [-0.05, 0) is 63.1 Å². The van der Waals surface area contributed by atoms with E-state index in [0.29, 0.717) is 13.2 Å².